The Morgan fingerprint density at radius 2 is 1.56 bits per heavy atom. The normalized spacial score (nSPS) is 43.5. The van der Waals surface area contributed by atoms with Gasteiger partial charge in [0.1, 0.15) is 24.4 Å². The molecule has 6 aliphatic rings. The minimum atomic E-state index is -3.60. The van der Waals surface area contributed by atoms with Gasteiger partial charge >= 0.3 is 5.97 Å². The van der Waals surface area contributed by atoms with Crippen LogP contribution >= 0.6 is 0 Å². The lowest BCUT2D eigenvalue weighted by molar-refractivity contribution is -0.264. The average Bonchev–Trinajstić information content (AvgIpc) is 3.62. The first-order chi connectivity index (χ1) is 32.2. The Kier molecular flexibility index (Phi) is 18.7. The number of esters is 1. The van der Waals surface area contributed by atoms with Gasteiger partial charge in [0.15, 0.2) is 5.78 Å². The van der Waals surface area contributed by atoms with Crippen molar-refractivity contribution in [3.8, 4) is 0 Å². The zero-order valence-electron chi connectivity index (χ0n) is 41.7. The highest BCUT2D eigenvalue weighted by Crippen LogP contribution is 2.44. The first-order valence-electron chi connectivity index (χ1n) is 25.3. The number of carbonyl (C=O) groups excluding carboxylic acids is 4. The van der Waals surface area contributed by atoms with Crippen LogP contribution in [0.4, 0.5) is 0 Å². The number of ether oxygens (including phenoxy) is 4. The summed E-state index contributed by atoms with van der Waals surface area (Å²) in [6, 6.07) is -1.70. The molecule has 0 aromatic carbocycles. The molecule has 5 heterocycles. The number of piperidine rings is 1. The number of amides is 1. The summed E-state index contributed by atoms with van der Waals surface area (Å²) in [5, 5.41) is 34.3. The molecule has 3 N–H and O–H groups in total. The summed E-state index contributed by atoms with van der Waals surface area (Å²) >= 11 is 0. The number of carbonyl (C=O) groups is 4. The van der Waals surface area contributed by atoms with Crippen molar-refractivity contribution < 1.29 is 61.9 Å². The van der Waals surface area contributed by atoms with E-state index in [0.29, 0.717) is 69.9 Å². The monoisotopic (exact) mass is 973 g/mol. The van der Waals surface area contributed by atoms with Crippen molar-refractivity contribution in [2.75, 3.05) is 33.1 Å². The van der Waals surface area contributed by atoms with E-state index in [4.69, 9.17) is 18.9 Å². The molecule has 1 amide bonds. The molecular weight excluding hydrogens is 893 g/mol. The van der Waals surface area contributed by atoms with Crippen LogP contribution in [0.2, 0.25) is 0 Å². The molecule has 1 unspecified atom stereocenters. The maximum Gasteiger partial charge on any atom is 0.329 e. The van der Waals surface area contributed by atoms with Crippen LogP contribution in [-0.4, -0.2) is 144 Å². The maximum absolute atomic E-state index is 14.5. The second kappa shape index (κ2) is 23.4. The topological polar surface area (TPSA) is 207 Å². The van der Waals surface area contributed by atoms with Crippen molar-refractivity contribution in [2.24, 2.45) is 41.4 Å². The lowest BCUT2D eigenvalue weighted by Gasteiger charge is -2.44. The summed E-state index contributed by atoms with van der Waals surface area (Å²) in [7, 11) is -0.564. The van der Waals surface area contributed by atoms with E-state index in [9.17, 15) is 42.9 Å². The number of aliphatic hydroxyl groups is 3. The van der Waals surface area contributed by atoms with Gasteiger partial charge in [0, 0.05) is 45.2 Å². The number of aliphatic hydroxyl groups excluding tert-OH is 2. The van der Waals surface area contributed by atoms with E-state index in [0.717, 1.165) is 18.4 Å². The number of rotatable bonds is 5. The summed E-state index contributed by atoms with van der Waals surface area (Å²) in [5.74, 6) is -6.64. The van der Waals surface area contributed by atoms with Gasteiger partial charge in [0.05, 0.1) is 24.1 Å². The molecule has 5 bridgehead atoms. The van der Waals surface area contributed by atoms with Crippen LogP contribution in [0.15, 0.2) is 47.6 Å². The predicted octanol–water partition coefficient (Wildman–Crippen LogP) is 5.61. The number of allylic oxidation sites excluding steroid dienone is 6. The minimum Gasteiger partial charge on any atom is -0.461 e. The quantitative estimate of drug-likeness (QED) is 0.174. The van der Waals surface area contributed by atoms with Gasteiger partial charge in [-0.3, -0.25) is 14.4 Å². The van der Waals surface area contributed by atoms with Crippen molar-refractivity contribution in [1.29, 1.82) is 0 Å². The highest BCUT2D eigenvalue weighted by atomic mass is 32.2. The summed E-state index contributed by atoms with van der Waals surface area (Å²) in [6.07, 6.45) is 13.4. The standard InChI is InChI=1S/C52H80N2O13S/c1-31-13-10-9-11-14-33(3)41(54-22-12-24-68(54,62)63)30-39-18-16-36(6)52(61,67-39)49(58)50(59)53-23-21-38-29-42(53)51(60)66-44(40(38)27-37-17-19-43(55)45(28-37)64-7)20-15-32(2)26-35(5)47(57)48(65-8)46(56)34(4)25-31/h9-11,13-14,26,31-32,34,36-45,47-48,55,57,61H,12,15-25,27-30H2,1-8H3/b11-9+,13-10+,33-14+,35-26+/t31-,32+,34-,36-,37+,38?,39+,40+,41+,42+,43-,44+,45-,47-,48+,52-/m1/s1. The van der Waals surface area contributed by atoms with Gasteiger partial charge in [-0.2, -0.15) is 4.31 Å². The van der Waals surface area contributed by atoms with Gasteiger partial charge in [-0.1, -0.05) is 69.7 Å². The Labute approximate surface area is 404 Å². The Morgan fingerprint density at radius 1 is 0.809 bits per heavy atom. The van der Waals surface area contributed by atoms with E-state index in [1.54, 1.807) is 21.0 Å². The molecule has 1 aliphatic carbocycles. The van der Waals surface area contributed by atoms with E-state index in [1.165, 1.54) is 16.3 Å². The van der Waals surface area contributed by atoms with Crippen molar-refractivity contribution in [3.63, 3.8) is 0 Å². The van der Waals surface area contributed by atoms with Crippen molar-refractivity contribution in [1.82, 2.24) is 9.21 Å². The maximum atomic E-state index is 14.5. The molecule has 68 heavy (non-hydrogen) atoms. The Balaban J connectivity index is 1.33. The molecule has 0 aromatic rings. The lowest BCUT2D eigenvalue weighted by Crippen LogP contribution is -2.61. The molecule has 5 fully saturated rings. The third kappa shape index (κ3) is 12.5. The highest BCUT2D eigenvalue weighted by molar-refractivity contribution is 7.89. The number of hydrogen-bond acceptors (Lipinski definition) is 13. The largest absolute Gasteiger partial charge is 0.461 e. The molecule has 5 aliphatic heterocycles. The molecule has 15 nitrogen and oxygen atoms in total. The Bertz CT molecular complexity index is 2040. The Morgan fingerprint density at radius 3 is 2.25 bits per heavy atom. The number of fused-ring (bicyclic) bond motifs is 5. The van der Waals surface area contributed by atoms with Crippen LogP contribution in [-0.2, 0) is 48.1 Å². The molecule has 6 rings (SSSR count). The molecule has 0 aromatic heterocycles. The molecule has 16 heteroatoms. The number of sulfonamides is 1. The molecule has 0 spiro atoms. The van der Waals surface area contributed by atoms with E-state index in [1.807, 2.05) is 64.2 Å². The minimum absolute atomic E-state index is 0.00280. The van der Waals surface area contributed by atoms with Crippen molar-refractivity contribution in [2.45, 2.75) is 180 Å². The summed E-state index contributed by atoms with van der Waals surface area (Å²) in [5.41, 5.74) is 1.33. The third-order valence-corrected chi connectivity index (χ3v) is 18.2. The second-order valence-corrected chi connectivity index (χ2v) is 23.3. The van der Waals surface area contributed by atoms with Crippen LogP contribution in [0.1, 0.15) is 125 Å². The van der Waals surface area contributed by atoms with Gasteiger partial charge in [-0.25, -0.2) is 13.2 Å². The van der Waals surface area contributed by atoms with E-state index >= 15 is 0 Å². The average molecular weight is 973 g/mol. The fraction of sp³-hybridized carbons (Fsp3) is 0.769. The molecule has 382 valence electrons. The predicted molar refractivity (Wildman–Crippen MR) is 256 cm³/mol. The fourth-order valence-corrected chi connectivity index (χ4v) is 13.9. The molecule has 4 saturated heterocycles. The Hall–Kier alpha value is -3.09. The lowest BCUT2D eigenvalue weighted by atomic mass is 9.71. The smallest absolute Gasteiger partial charge is 0.329 e. The fourth-order valence-electron chi connectivity index (χ4n) is 12.1. The van der Waals surface area contributed by atoms with Crippen LogP contribution in [0, 0.1) is 41.4 Å². The van der Waals surface area contributed by atoms with E-state index < -0.39 is 87.9 Å². The van der Waals surface area contributed by atoms with Crippen LogP contribution in [0.3, 0.4) is 0 Å². The summed E-state index contributed by atoms with van der Waals surface area (Å²) < 4.78 is 52.2. The first kappa shape index (κ1) is 54.2. The third-order valence-electron chi connectivity index (χ3n) is 16.2. The number of nitrogens with zero attached hydrogens (tertiary/aromatic N) is 2. The summed E-state index contributed by atoms with van der Waals surface area (Å²) in [6.45, 7) is 11.6. The zero-order valence-corrected chi connectivity index (χ0v) is 42.5. The number of ketones is 2. The highest BCUT2D eigenvalue weighted by Gasteiger charge is 2.55. The number of methoxy groups -OCH3 is 2. The van der Waals surface area contributed by atoms with Gasteiger partial charge in [0.2, 0.25) is 15.8 Å². The number of hydrogen-bond donors (Lipinski definition) is 3. The van der Waals surface area contributed by atoms with E-state index in [2.05, 4.69) is 0 Å². The van der Waals surface area contributed by atoms with Crippen molar-refractivity contribution in [3.05, 3.63) is 47.6 Å². The molecule has 1 saturated carbocycles. The molecular formula is C52H80N2O13S. The second-order valence-electron chi connectivity index (χ2n) is 21.2. The molecule has 0 radical (unpaired) electrons. The first-order valence-corrected chi connectivity index (χ1v) is 26.9. The van der Waals surface area contributed by atoms with Crippen LogP contribution in [0.5, 0.6) is 0 Å². The number of Topliss-reactive ketones (excluding diaryl/α,β-unsaturated/α-hetero) is 2. The van der Waals surface area contributed by atoms with E-state index in [-0.39, 0.29) is 66.6 Å². The van der Waals surface area contributed by atoms with Gasteiger partial charge in [0.25, 0.3) is 11.7 Å². The molecule has 16 atom stereocenters. The van der Waals surface area contributed by atoms with Crippen LogP contribution < -0.4 is 0 Å². The van der Waals surface area contributed by atoms with Gasteiger partial charge < -0.3 is 39.2 Å². The van der Waals surface area contributed by atoms with Gasteiger partial charge in [-0.15, -0.1) is 0 Å². The zero-order chi connectivity index (χ0) is 49.7. The SMILES string of the molecule is CO[C@@H]1C[C@H](C[C@H]2C3CCN4C(=O)C(=O)[C@]5(O)O[C@@H](CC[C@H]5C)C[C@H](N5CCCS5(=O)=O)/C(C)=C/C=C/C=C/[C@@H](C)C[C@@H](C)C(=O)[C@H](OC)[C@H](O)/C(C)=C/[C@@H](C)CC[C@@H]2OC(=O)[C@@H]4C3)CC[C@H]1O. The van der Waals surface area contributed by atoms with Crippen molar-refractivity contribution >= 4 is 33.5 Å². The van der Waals surface area contributed by atoms with Crippen LogP contribution in [0.25, 0.3) is 0 Å². The van der Waals surface area contributed by atoms with Gasteiger partial charge in [-0.05, 0) is 132 Å². The summed E-state index contributed by atoms with van der Waals surface area (Å²) in [4.78, 5) is 58.3.